The first-order valence-electron chi connectivity index (χ1n) is 9.66. The SMILES string of the molecule is CCN(CC)C(=O)c1ccc2c(c1)N(CC(=O)Nc1cccc(C)c1)C(=O)CO2. The molecule has 1 aliphatic heterocycles. The van der Waals surface area contributed by atoms with Crippen molar-refractivity contribution in [2.75, 3.05) is 36.5 Å². The molecule has 3 rings (SSSR count). The van der Waals surface area contributed by atoms with E-state index in [1.165, 1.54) is 4.90 Å². The van der Waals surface area contributed by atoms with Crippen LogP contribution in [0, 0.1) is 6.92 Å². The Morgan fingerprint density at radius 3 is 2.59 bits per heavy atom. The van der Waals surface area contributed by atoms with Crippen molar-refractivity contribution in [3.05, 3.63) is 53.6 Å². The largest absolute Gasteiger partial charge is 0.482 e. The summed E-state index contributed by atoms with van der Waals surface area (Å²) in [5.74, 6) is -0.300. The average Bonchev–Trinajstić information content (AvgIpc) is 2.70. The minimum absolute atomic E-state index is 0.125. The molecule has 0 fully saturated rings. The second kappa shape index (κ2) is 8.77. The van der Waals surface area contributed by atoms with Crippen LogP contribution in [0.4, 0.5) is 11.4 Å². The van der Waals surface area contributed by atoms with Gasteiger partial charge in [0.15, 0.2) is 6.61 Å². The number of anilines is 2. The summed E-state index contributed by atoms with van der Waals surface area (Å²) in [5, 5.41) is 2.81. The molecule has 0 saturated carbocycles. The van der Waals surface area contributed by atoms with Gasteiger partial charge in [0.25, 0.3) is 11.8 Å². The summed E-state index contributed by atoms with van der Waals surface area (Å²) in [5.41, 5.74) is 2.57. The molecule has 3 amide bonds. The molecule has 7 nitrogen and oxygen atoms in total. The molecule has 0 bridgehead atoms. The fourth-order valence-corrected chi connectivity index (χ4v) is 3.27. The van der Waals surface area contributed by atoms with Crippen molar-refractivity contribution < 1.29 is 19.1 Å². The smallest absolute Gasteiger partial charge is 0.265 e. The zero-order chi connectivity index (χ0) is 21.0. The number of aryl methyl sites for hydroxylation is 1. The third-order valence-corrected chi connectivity index (χ3v) is 4.80. The summed E-state index contributed by atoms with van der Waals surface area (Å²) in [4.78, 5) is 40.7. The van der Waals surface area contributed by atoms with Crippen LogP contribution >= 0.6 is 0 Å². The van der Waals surface area contributed by atoms with Crippen LogP contribution in [0.1, 0.15) is 29.8 Å². The molecule has 2 aromatic carbocycles. The number of carbonyl (C=O) groups excluding carboxylic acids is 3. The van der Waals surface area contributed by atoms with Crippen LogP contribution in [0.15, 0.2) is 42.5 Å². The predicted molar refractivity (Wildman–Crippen MR) is 111 cm³/mol. The lowest BCUT2D eigenvalue weighted by atomic mass is 10.1. The van der Waals surface area contributed by atoms with Gasteiger partial charge in [0.1, 0.15) is 12.3 Å². The van der Waals surface area contributed by atoms with E-state index in [1.807, 2.05) is 39.0 Å². The highest BCUT2D eigenvalue weighted by molar-refractivity contribution is 6.06. The molecule has 0 saturated heterocycles. The number of amides is 3. The third-order valence-electron chi connectivity index (χ3n) is 4.80. The van der Waals surface area contributed by atoms with Gasteiger partial charge in [0.2, 0.25) is 5.91 Å². The standard InChI is InChI=1S/C22H25N3O4/c1-4-24(5-2)22(28)16-9-10-19-18(12-16)25(21(27)14-29-19)13-20(26)23-17-8-6-7-15(3)11-17/h6-12H,4-5,13-14H2,1-3H3,(H,23,26). The fraction of sp³-hybridized carbons (Fsp3) is 0.318. The second-order valence-electron chi connectivity index (χ2n) is 6.85. The molecule has 7 heteroatoms. The topological polar surface area (TPSA) is 79.0 Å². The number of benzene rings is 2. The summed E-state index contributed by atoms with van der Waals surface area (Å²) < 4.78 is 5.48. The lowest BCUT2D eigenvalue weighted by molar-refractivity contribution is -0.123. The highest BCUT2D eigenvalue weighted by atomic mass is 16.5. The zero-order valence-corrected chi connectivity index (χ0v) is 16.9. The minimum atomic E-state index is -0.329. The Balaban J connectivity index is 1.83. The lowest BCUT2D eigenvalue weighted by Gasteiger charge is -2.29. The Morgan fingerprint density at radius 2 is 1.90 bits per heavy atom. The molecule has 0 aliphatic carbocycles. The lowest BCUT2D eigenvalue weighted by Crippen LogP contribution is -2.43. The van der Waals surface area contributed by atoms with Crippen molar-refractivity contribution in [1.82, 2.24) is 4.90 Å². The summed E-state index contributed by atoms with van der Waals surface area (Å²) in [6.07, 6.45) is 0. The van der Waals surface area contributed by atoms with Crippen LogP contribution < -0.4 is 15.0 Å². The Labute approximate surface area is 170 Å². The maximum absolute atomic E-state index is 12.7. The summed E-state index contributed by atoms with van der Waals surface area (Å²) >= 11 is 0. The van der Waals surface area contributed by atoms with E-state index in [0.29, 0.717) is 35.8 Å². The van der Waals surface area contributed by atoms with E-state index < -0.39 is 0 Å². The molecule has 0 radical (unpaired) electrons. The number of ether oxygens (including phenoxy) is 1. The van der Waals surface area contributed by atoms with Gasteiger partial charge < -0.3 is 15.0 Å². The van der Waals surface area contributed by atoms with Crippen LogP contribution in [0.25, 0.3) is 0 Å². The van der Waals surface area contributed by atoms with Crippen LogP contribution in [-0.2, 0) is 9.59 Å². The Kier molecular flexibility index (Phi) is 6.16. The molecule has 1 N–H and O–H groups in total. The van der Waals surface area contributed by atoms with Crippen molar-refractivity contribution in [2.24, 2.45) is 0 Å². The summed E-state index contributed by atoms with van der Waals surface area (Å²) in [6, 6.07) is 12.4. The van der Waals surface area contributed by atoms with Crippen molar-refractivity contribution in [2.45, 2.75) is 20.8 Å². The minimum Gasteiger partial charge on any atom is -0.482 e. The van der Waals surface area contributed by atoms with Gasteiger partial charge in [-0.15, -0.1) is 0 Å². The normalized spacial score (nSPS) is 12.8. The quantitative estimate of drug-likeness (QED) is 0.816. The molecular formula is C22H25N3O4. The molecule has 0 unspecified atom stereocenters. The number of rotatable bonds is 6. The van der Waals surface area contributed by atoms with Gasteiger partial charge >= 0.3 is 0 Å². The van der Waals surface area contributed by atoms with E-state index in [2.05, 4.69) is 5.32 Å². The fourth-order valence-electron chi connectivity index (χ4n) is 3.27. The average molecular weight is 395 g/mol. The Bertz CT molecular complexity index is 937. The number of hydrogen-bond donors (Lipinski definition) is 1. The Hall–Kier alpha value is -3.35. The van der Waals surface area contributed by atoms with Gasteiger partial charge in [0.05, 0.1) is 5.69 Å². The van der Waals surface area contributed by atoms with Crippen molar-refractivity contribution in [1.29, 1.82) is 0 Å². The van der Waals surface area contributed by atoms with Gasteiger partial charge in [-0.05, 0) is 56.7 Å². The first-order valence-corrected chi connectivity index (χ1v) is 9.66. The monoisotopic (exact) mass is 395 g/mol. The van der Waals surface area contributed by atoms with Crippen molar-refractivity contribution >= 4 is 29.1 Å². The molecule has 0 aromatic heterocycles. The van der Waals surface area contributed by atoms with Crippen LogP contribution in [-0.4, -0.2) is 48.9 Å². The molecule has 0 spiro atoms. The van der Waals surface area contributed by atoms with Crippen molar-refractivity contribution in [3.8, 4) is 5.75 Å². The molecule has 152 valence electrons. The number of fused-ring (bicyclic) bond motifs is 1. The van der Waals surface area contributed by atoms with E-state index in [9.17, 15) is 14.4 Å². The summed E-state index contributed by atoms with van der Waals surface area (Å²) in [7, 11) is 0. The maximum Gasteiger partial charge on any atom is 0.265 e. The number of nitrogens with zero attached hydrogens (tertiary/aromatic N) is 2. The van der Waals surface area contributed by atoms with Gasteiger partial charge in [-0.1, -0.05) is 12.1 Å². The van der Waals surface area contributed by atoms with Crippen LogP contribution in [0.3, 0.4) is 0 Å². The highest BCUT2D eigenvalue weighted by Crippen LogP contribution is 2.33. The number of hydrogen-bond acceptors (Lipinski definition) is 4. The predicted octanol–water partition coefficient (Wildman–Crippen LogP) is 2.84. The van der Waals surface area contributed by atoms with E-state index in [-0.39, 0.29) is 30.9 Å². The van der Waals surface area contributed by atoms with Crippen LogP contribution in [0.2, 0.25) is 0 Å². The van der Waals surface area contributed by atoms with E-state index >= 15 is 0 Å². The van der Waals surface area contributed by atoms with Crippen molar-refractivity contribution in [3.63, 3.8) is 0 Å². The molecule has 29 heavy (non-hydrogen) atoms. The molecule has 0 atom stereocenters. The maximum atomic E-state index is 12.7. The van der Waals surface area contributed by atoms with E-state index in [0.717, 1.165) is 5.56 Å². The van der Waals surface area contributed by atoms with Gasteiger partial charge in [-0.2, -0.15) is 0 Å². The highest BCUT2D eigenvalue weighted by Gasteiger charge is 2.28. The van der Waals surface area contributed by atoms with E-state index in [1.54, 1.807) is 29.2 Å². The first kappa shape index (κ1) is 20.4. The summed E-state index contributed by atoms with van der Waals surface area (Å²) in [6.45, 7) is 6.63. The molecular weight excluding hydrogens is 370 g/mol. The second-order valence-corrected chi connectivity index (χ2v) is 6.85. The zero-order valence-electron chi connectivity index (χ0n) is 16.9. The third kappa shape index (κ3) is 4.56. The van der Waals surface area contributed by atoms with Crippen LogP contribution in [0.5, 0.6) is 5.75 Å². The van der Waals surface area contributed by atoms with Gasteiger partial charge in [-0.3, -0.25) is 19.3 Å². The Morgan fingerprint density at radius 1 is 1.14 bits per heavy atom. The molecule has 2 aromatic rings. The van der Waals surface area contributed by atoms with E-state index in [4.69, 9.17) is 4.74 Å². The molecule has 1 heterocycles. The van der Waals surface area contributed by atoms with Gasteiger partial charge in [-0.25, -0.2) is 0 Å². The first-order chi connectivity index (χ1) is 13.9. The molecule has 1 aliphatic rings. The number of carbonyl (C=O) groups is 3. The number of nitrogens with one attached hydrogen (secondary N) is 1. The van der Waals surface area contributed by atoms with Gasteiger partial charge in [0, 0.05) is 24.3 Å².